The van der Waals surface area contributed by atoms with E-state index >= 15 is 0 Å². The molecule has 0 fully saturated rings. The number of hydrogen-bond acceptors (Lipinski definition) is 4. The van der Waals surface area contributed by atoms with Crippen molar-refractivity contribution in [2.24, 2.45) is 0 Å². The molecular formula is C14H13N3OS. The van der Waals surface area contributed by atoms with Crippen molar-refractivity contribution in [1.82, 2.24) is 14.5 Å². The maximum atomic E-state index is 12.4. The van der Waals surface area contributed by atoms with E-state index < -0.39 is 0 Å². The van der Waals surface area contributed by atoms with Gasteiger partial charge in [0.1, 0.15) is 4.88 Å². The van der Waals surface area contributed by atoms with E-state index in [-0.39, 0.29) is 12.5 Å². The van der Waals surface area contributed by atoms with E-state index in [4.69, 9.17) is 6.42 Å². The third kappa shape index (κ3) is 3.18. The molecule has 0 N–H and O–H groups in total. The van der Waals surface area contributed by atoms with Gasteiger partial charge in [0.05, 0.1) is 12.2 Å². The highest BCUT2D eigenvalue weighted by atomic mass is 32.1. The van der Waals surface area contributed by atoms with E-state index in [2.05, 4.69) is 15.5 Å². The molecule has 0 saturated carbocycles. The van der Waals surface area contributed by atoms with Crippen LogP contribution in [-0.4, -0.2) is 26.9 Å². The molecule has 0 saturated heterocycles. The minimum atomic E-state index is -0.116. The van der Waals surface area contributed by atoms with Gasteiger partial charge in [0.2, 0.25) is 0 Å². The lowest BCUT2D eigenvalue weighted by atomic mass is 10.2. The normalized spacial score (nSPS) is 9.89. The van der Waals surface area contributed by atoms with Gasteiger partial charge in [-0.05, 0) is 24.0 Å². The summed E-state index contributed by atoms with van der Waals surface area (Å²) in [7, 11) is 0. The van der Waals surface area contributed by atoms with Crippen molar-refractivity contribution in [3.8, 4) is 12.3 Å². The second kappa shape index (κ2) is 6.12. The number of benzene rings is 1. The average molecular weight is 271 g/mol. The minimum Gasteiger partial charge on any atom is -0.322 e. The van der Waals surface area contributed by atoms with Gasteiger partial charge in [0.15, 0.2) is 0 Å². The largest absolute Gasteiger partial charge is 0.322 e. The molecule has 5 heteroatoms. The summed E-state index contributed by atoms with van der Waals surface area (Å²) >= 11 is 1.10. The molecule has 0 aliphatic heterocycles. The van der Waals surface area contributed by atoms with Crippen molar-refractivity contribution in [2.45, 2.75) is 13.5 Å². The van der Waals surface area contributed by atoms with E-state index in [1.807, 2.05) is 30.3 Å². The Morgan fingerprint density at radius 3 is 2.74 bits per heavy atom. The van der Waals surface area contributed by atoms with Gasteiger partial charge in [-0.3, -0.25) is 4.79 Å². The highest BCUT2D eigenvalue weighted by Crippen LogP contribution is 2.14. The Morgan fingerprint density at radius 1 is 1.42 bits per heavy atom. The molecule has 0 unspecified atom stereocenters. The van der Waals surface area contributed by atoms with E-state index in [0.29, 0.717) is 17.1 Å². The molecule has 1 heterocycles. The van der Waals surface area contributed by atoms with Crippen LogP contribution in [-0.2, 0) is 6.54 Å². The van der Waals surface area contributed by atoms with Crippen LogP contribution < -0.4 is 0 Å². The summed E-state index contributed by atoms with van der Waals surface area (Å²) in [5, 5.41) is 3.86. The first kappa shape index (κ1) is 13.2. The van der Waals surface area contributed by atoms with Crippen LogP contribution in [0.4, 0.5) is 0 Å². The van der Waals surface area contributed by atoms with E-state index in [9.17, 15) is 4.79 Å². The van der Waals surface area contributed by atoms with Crippen molar-refractivity contribution in [3.63, 3.8) is 0 Å². The van der Waals surface area contributed by atoms with Crippen LogP contribution in [0.25, 0.3) is 0 Å². The summed E-state index contributed by atoms with van der Waals surface area (Å²) in [6.45, 7) is 2.53. The van der Waals surface area contributed by atoms with E-state index in [1.165, 1.54) is 0 Å². The molecule has 2 aromatic rings. The number of amides is 1. The maximum Gasteiger partial charge on any atom is 0.268 e. The second-order valence-corrected chi connectivity index (χ2v) is 4.79. The van der Waals surface area contributed by atoms with Crippen molar-refractivity contribution in [2.75, 3.05) is 6.54 Å². The summed E-state index contributed by atoms with van der Waals surface area (Å²) in [5.74, 6) is 2.40. The van der Waals surface area contributed by atoms with Gasteiger partial charge in [0, 0.05) is 6.54 Å². The number of carbonyl (C=O) groups is 1. The van der Waals surface area contributed by atoms with Crippen LogP contribution in [0, 0.1) is 19.3 Å². The molecule has 2 rings (SSSR count). The lowest BCUT2D eigenvalue weighted by Crippen LogP contribution is -2.30. The molecule has 0 spiro atoms. The zero-order valence-electron chi connectivity index (χ0n) is 10.5. The number of carbonyl (C=O) groups excluding carboxylic acids is 1. The zero-order chi connectivity index (χ0) is 13.7. The monoisotopic (exact) mass is 271 g/mol. The molecular weight excluding hydrogens is 258 g/mol. The molecule has 0 aliphatic rings. The number of aryl methyl sites for hydroxylation is 1. The van der Waals surface area contributed by atoms with Crippen molar-refractivity contribution in [3.05, 3.63) is 46.5 Å². The fraction of sp³-hybridized carbons (Fsp3) is 0.214. The highest BCUT2D eigenvalue weighted by molar-refractivity contribution is 7.07. The van der Waals surface area contributed by atoms with Gasteiger partial charge < -0.3 is 4.90 Å². The average Bonchev–Trinajstić information content (AvgIpc) is 2.85. The van der Waals surface area contributed by atoms with Crippen molar-refractivity contribution in [1.29, 1.82) is 0 Å². The summed E-state index contributed by atoms with van der Waals surface area (Å²) in [6.07, 6.45) is 5.34. The summed E-state index contributed by atoms with van der Waals surface area (Å²) in [6, 6.07) is 9.75. The zero-order valence-corrected chi connectivity index (χ0v) is 11.4. The first-order valence-electron chi connectivity index (χ1n) is 5.78. The molecule has 1 aromatic carbocycles. The second-order valence-electron chi connectivity index (χ2n) is 4.04. The lowest BCUT2D eigenvalue weighted by Gasteiger charge is -2.19. The fourth-order valence-corrected chi connectivity index (χ4v) is 2.31. The van der Waals surface area contributed by atoms with Gasteiger partial charge in [0.25, 0.3) is 5.91 Å². The number of aromatic nitrogens is 2. The number of nitrogens with zero attached hydrogens (tertiary/aromatic N) is 3. The predicted octanol–water partition coefficient (Wildman–Crippen LogP) is 2.12. The lowest BCUT2D eigenvalue weighted by molar-refractivity contribution is 0.0769. The molecule has 0 atom stereocenters. The Labute approximate surface area is 116 Å². The van der Waals surface area contributed by atoms with Crippen LogP contribution >= 0.6 is 11.5 Å². The molecule has 96 valence electrons. The Morgan fingerprint density at radius 2 is 2.16 bits per heavy atom. The first-order chi connectivity index (χ1) is 9.22. The highest BCUT2D eigenvalue weighted by Gasteiger charge is 2.20. The predicted molar refractivity (Wildman–Crippen MR) is 74.7 cm³/mol. The van der Waals surface area contributed by atoms with Crippen LogP contribution in [0.1, 0.15) is 20.9 Å². The smallest absolute Gasteiger partial charge is 0.268 e. The van der Waals surface area contributed by atoms with Crippen LogP contribution in [0.5, 0.6) is 0 Å². The molecule has 1 amide bonds. The number of rotatable bonds is 4. The number of terminal acetylenes is 1. The van der Waals surface area contributed by atoms with Gasteiger partial charge >= 0.3 is 0 Å². The van der Waals surface area contributed by atoms with Crippen LogP contribution in [0.2, 0.25) is 0 Å². The molecule has 4 nitrogen and oxygen atoms in total. The van der Waals surface area contributed by atoms with Gasteiger partial charge in [-0.25, -0.2) is 0 Å². The standard InChI is InChI=1S/C14H13N3OS/c1-3-9-17(10-12-7-5-4-6-8-12)14(18)13-11(2)15-16-19-13/h1,4-8H,9-10H2,2H3. The van der Waals surface area contributed by atoms with Gasteiger partial charge in [-0.2, -0.15) is 0 Å². The molecule has 1 aromatic heterocycles. The Hall–Kier alpha value is -2.19. The van der Waals surface area contributed by atoms with Crippen LogP contribution in [0.3, 0.4) is 0 Å². The molecule has 0 bridgehead atoms. The Kier molecular flexibility index (Phi) is 4.26. The van der Waals surface area contributed by atoms with E-state index in [0.717, 1.165) is 17.1 Å². The Bertz CT molecular complexity index is 601. The third-order valence-electron chi connectivity index (χ3n) is 2.63. The Balaban J connectivity index is 2.19. The summed E-state index contributed by atoms with van der Waals surface area (Å²) in [5.41, 5.74) is 1.69. The number of hydrogen-bond donors (Lipinski definition) is 0. The molecule has 19 heavy (non-hydrogen) atoms. The van der Waals surface area contributed by atoms with Crippen molar-refractivity contribution < 1.29 is 4.79 Å². The summed E-state index contributed by atoms with van der Waals surface area (Å²) in [4.78, 5) is 14.6. The van der Waals surface area contributed by atoms with Gasteiger partial charge in [-0.1, -0.05) is 40.7 Å². The fourth-order valence-electron chi connectivity index (χ4n) is 1.68. The first-order valence-corrected chi connectivity index (χ1v) is 6.55. The van der Waals surface area contributed by atoms with E-state index in [1.54, 1.807) is 11.8 Å². The SMILES string of the molecule is C#CCN(Cc1ccccc1)C(=O)c1snnc1C. The van der Waals surface area contributed by atoms with Gasteiger partial charge in [-0.15, -0.1) is 11.5 Å². The quantitative estimate of drug-likeness (QED) is 0.800. The maximum absolute atomic E-state index is 12.4. The topological polar surface area (TPSA) is 46.1 Å². The summed E-state index contributed by atoms with van der Waals surface area (Å²) < 4.78 is 3.78. The minimum absolute atomic E-state index is 0.116. The van der Waals surface area contributed by atoms with Crippen molar-refractivity contribution >= 4 is 17.4 Å². The molecule has 0 aliphatic carbocycles. The van der Waals surface area contributed by atoms with Crippen LogP contribution in [0.15, 0.2) is 30.3 Å². The molecule has 0 radical (unpaired) electrons. The third-order valence-corrected chi connectivity index (χ3v) is 3.45.